The maximum Gasteiger partial charge on any atom is 0.340 e. The van der Waals surface area contributed by atoms with Crippen LogP contribution in [-0.2, 0) is 11.2 Å². The van der Waals surface area contributed by atoms with Gasteiger partial charge in [-0.15, -0.1) is 0 Å². The number of ether oxygens (including phenoxy) is 2. The standard InChI is InChI=1S/C17H17N5O4/c1-24-13-3-4-14(25-2)12(9-13)10-15(23)20-21-17-19-16(22-26-17)11-5-7-18-8-6-11/h3-9H,10H2,1-2H3,(H,20,23)(H,19,21,22). The first-order valence-corrected chi connectivity index (χ1v) is 7.69. The molecular weight excluding hydrogens is 338 g/mol. The van der Waals surface area contributed by atoms with Gasteiger partial charge < -0.3 is 14.0 Å². The van der Waals surface area contributed by atoms with Crippen LogP contribution >= 0.6 is 0 Å². The summed E-state index contributed by atoms with van der Waals surface area (Å²) in [6.45, 7) is 0. The highest BCUT2D eigenvalue weighted by Crippen LogP contribution is 2.24. The second-order valence-corrected chi connectivity index (χ2v) is 5.19. The molecule has 0 radical (unpaired) electrons. The predicted octanol–water partition coefficient (Wildman–Crippen LogP) is 1.83. The molecule has 3 rings (SSSR count). The van der Waals surface area contributed by atoms with Crippen molar-refractivity contribution >= 4 is 11.9 Å². The molecule has 0 aliphatic heterocycles. The topological polar surface area (TPSA) is 111 Å². The van der Waals surface area contributed by atoms with E-state index in [1.54, 1.807) is 56.9 Å². The average molecular weight is 355 g/mol. The molecule has 0 saturated carbocycles. The summed E-state index contributed by atoms with van der Waals surface area (Å²) in [6, 6.07) is 8.82. The fourth-order valence-corrected chi connectivity index (χ4v) is 2.25. The molecule has 0 aliphatic carbocycles. The molecule has 0 unspecified atom stereocenters. The first-order chi connectivity index (χ1) is 12.7. The molecule has 1 amide bonds. The summed E-state index contributed by atoms with van der Waals surface area (Å²) in [7, 11) is 3.10. The molecule has 9 heteroatoms. The van der Waals surface area contributed by atoms with Crippen molar-refractivity contribution in [1.29, 1.82) is 0 Å². The van der Waals surface area contributed by atoms with E-state index < -0.39 is 0 Å². The van der Waals surface area contributed by atoms with Gasteiger partial charge in [0.05, 0.1) is 20.6 Å². The molecule has 2 heterocycles. The predicted molar refractivity (Wildman–Crippen MR) is 92.5 cm³/mol. The number of benzene rings is 1. The van der Waals surface area contributed by atoms with E-state index in [1.165, 1.54) is 0 Å². The summed E-state index contributed by atoms with van der Waals surface area (Å²) in [4.78, 5) is 20.2. The lowest BCUT2D eigenvalue weighted by molar-refractivity contribution is -0.120. The van der Waals surface area contributed by atoms with Gasteiger partial charge in [-0.05, 0) is 30.3 Å². The van der Waals surface area contributed by atoms with Gasteiger partial charge >= 0.3 is 6.01 Å². The Bertz CT molecular complexity index is 882. The molecule has 9 nitrogen and oxygen atoms in total. The molecule has 0 bridgehead atoms. The molecule has 0 atom stereocenters. The zero-order valence-corrected chi connectivity index (χ0v) is 14.2. The summed E-state index contributed by atoms with van der Waals surface area (Å²) >= 11 is 0. The van der Waals surface area contributed by atoms with E-state index in [4.69, 9.17) is 14.0 Å². The van der Waals surface area contributed by atoms with Crippen molar-refractivity contribution in [2.45, 2.75) is 6.42 Å². The van der Waals surface area contributed by atoms with E-state index >= 15 is 0 Å². The number of amides is 1. The van der Waals surface area contributed by atoms with E-state index in [2.05, 4.69) is 26.0 Å². The molecule has 134 valence electrons. The molecule has 1 aromatic carbocycles. The number of hydrogen-bond donors (Lipinski definition) is 2. The smallest absolute Gasteiger partial charge is 0.340 e. The number of methoxy groups -OCH3 is 2. The number of hydrazine groups is 1. The van der Waals surface area contributed by atoms with Crippen molar-refractivity contribution in [2.24, 2.45) is 0 Å². The van der Waals surface area contributed by atoms with Gasteiger partial charge in [0.15, 0.2) is 0 Å². The maximum atomic E-state index is 12.2. The third-order valence-electron chi connectivity index (χ3n) is 3.51. The Balaban J connectivity index is 1.61. The zero-order valence-electron chi connectivity index (χ0n) is 14.2. The highest BCUT2D eigenvalue weighted by molar-refractivity contribution is 5.80. The number of nitrogens with zero attached hydrogens (tertiary/aromatic N) is 3. The second kappa shape index (κ2) is 7.97. The van der Waals surface area contributed by atoms with Crippen molar-refractivity contribution < 1.29 is 18.8 Å². The lowest BCUT2D eigenvalue weighted by atomic mass is 10.1. The van der Waals surface area contributed by atoms with Crippen LogP contribution in [0, 0.1) is 0 Å². The number of nitrogens with one attached hydrogen (secondary N) is 2. The third-order valence-corrected chi connectivity index (χ3v) is 3.51. The Morgan fingerprint density at radius 1 is 1.15 bits per heavy atom. The summed E-state index contributed by atoms with van der Waals surface area (Å²) in [6.07, 6.45) is 3.34. The van der Waals surface area contributed by atoms with E-state index in [-0.39, 0.29) is 18.3 Å². The van der Waals surface area contributed by atoms with Crippen LogP contribution in [0.2, 0.25) is 0 Å². The van der Waals surface area contributed by atoms with Gasteiger partial charge in [0, 0.05) is 23.5 Å². The highest BCUT2D eigenvalue weighted by Gasteiger charge is 2.12. The Labute approximate surface area is 149 Å². The van der Waals surface area contributed by atoms with Crippen LogP contribution in [0.1, 0.15) is 5.56 Å². The molecule has 0 saturated heterocycles. The number of carbonyl (C=O) groups is 1. The highest BCUT2D eigenvalue weighted by atomic mass is 16.5. The molecule has 2 aromatic heterocycles. The quantitative estimate of drug-likeness (QED) is 0.618. The minimum atomic E-state index is -0.305. The van der Waals surface area contributed by atoms with E-state index in [9.17, 15) is 4.79 Å². The van der Waals surface area contributed by atoms with Gasteiger partial charge in [0.1, 0.15) is 11.5 Å². The second-order valence-electron chi connectivity index (χ2n) is 5.19. The molecular formula is C17H17N5O4. The average Bonchev–Trinajstić information content (AvgIpc) is 3.16. The van der Waals surface area contributed by atoms with E-state index in [1.807, 2.05) is 0 Å². The number of hydrogen-bond acceptors (Lipinski definition) is 8. The van der Waals surface area contributed by atoms with Crippen LogP contribution in [0.4, 0.5) is 6.01 Å². The van der Waals surface area contributed by atoms with Crippen LogP contribution in [0.15, 0.2) is 47.2 Å². The van der Waals surface area contributed by atoms with Crippen molar-refractivity contribution in [3.63, 3.8) is 0 Å². The largest absolute Gasteiger partial charge is 0.497 e. The lowest BCUT2D eigenvalue weighted by Gasteiger charge is -2.10. The number of pyridine rings is 1. The van der Waals surface area contributed by atoms with Crippen LogP contribution < -0.4 is 20.3 Å². The van der Waals surface area contributed by atoms with Gasteiger partial charge in [0.25, 0.3) is 0 Å². The van der Waals surface area contributed by atoms with Gasteiger partial charge in [-0.2, -0.15) is 4.98 Å². The third kappa shape index (κ3) is 4.07. The van der Waals surface area contributed by atoms with Crippen LogP contribution in [-0.4, -0.2) is 35.3 Å². The Hall–Kier alpha value is -3.62. The Morgan fingerprint density at radius 2 is 1.96 bits per heavy atom. The van der Waals surface area contributed by atoms with E-state index in [0.717, 1.165) is 5.56 Å². The fourth-order valence-electron chi connectivity index (χ4n) is 2.25. The summed E-state index contributed by atoms with van der Waals surface area (Å²) in [5.41, 5.74) is 6.54. The zero-order chi connectivity index (χ0) is 18.4. The molecule has 0 aliphatic rings. The van der Waals surface area contributed by atoms with Crippen LogP contribution in [0.3, 0.4) is 0 Å². The maximum absolute atomic E-state index is 12.2. The number of anilines is 1. The number of carbonyl (C=O) groups excluding carboxylic acids is 1. The minimum Gasteiger partial charge on any atom is -0.497 e. The van der Waals surface area contributed by atoms with Gasteiger partial charge in [-0.25, -0.2) is 5.43 Å². The first-order valence-electron chi connectivity index (χ1n) is 7.69. The number of rotatable bonds is 7. The monoisotopic (exact) mass is 355 g/mol. The van der Waals surface area contributed by atoms with Crippen LogP contribution in [0.5, 0.6) is 11.5 Å². The molecule has 0 fully saturated rings. The van der Waals surface area contributed by atoms with Crippen molar-refractivity contribution in [3.05, 3.63) is 48.3 Å². The van der Waals surface area contributed by atoms with Crippen molar-refractivity contribution in [3.8, 4) is 22.9 Å². The molecule has 0 spiro atoms. The van der Waals surface area contributed by atoms with Gasteiger partial charge in [-0.1, -0.05) is 5.16 Å². The summed E-state index contributed by atoms with van der Waals surface area (Å²) in [5, 5.41) is 3.83. The summed E-state index contributed by atoms with van der Waals surface area (Å²) in [5.74, 6) is 1.32. The van der Waals surface area contributed by atoms with Gasteiger partial charge in [0.2, 0.25) is 11.7 Å². The lowest BCUT2D eigenvalue weighted by Crippen LogP contribution is -2.31. The first kappa shape index (κ1) is 17.2. The number of aromatic nitrogens is 3. The summed E-state index contributed by atoms with van der Waals surface area (Å²) < 4.78 is 15.5. The normalized spacial score (nSPS) is 10.2. The molecule has 26 heavy (non-hydrogen) atoms. The van der Waals surface area contributed by atoms with E-state index in [0.29, 0.717) is 22.9 Å². The molecule has 3 aromatic rings. The fraction of sp³-hybridized carbons (Fsp3) is 0.176. The SMILES string of the molecule is COc1ccc(OC)c(CC(=O)NNc2nc(-c3ccncc3)no2)c1. The van der Waals surface area contributed by atoms with Gasteiger partial charge in [-0.3, -0.25) is 15.2 Å². The van der Waals surface area contributed by atoms with Crippen LogP contribution in [0.25, 0.3) is 11.4 Å². The molecule has 2 N–H and O–H groups in total. The van der Waals surface area contributed by atoms with Crippen molar-refractivity contribution in [1.82, 2.24) is 20.6 Å². The van der Waals surface area contributed by atoms with Crippen molar-refractivity contribution in [2.75, 3.05) is 19.6 Å². The Kier molecular flexibility index (Phi) is 5.28. The Morgan fingerprint density at radius 3 is 2.69 bits per heavy atom. The minimum absolute atomic E-state index is 0.0720.